The summed E-state index contributed by atoms with van der Waals surface area (Å²) in [6, 6.07) is 14.7. The van der Waals surface area contributed by atoms with Gasteiger partial charge in [0.25, 0.3) is 0 Å². The second-order valence-electron chi connectivity index (χ2n) is 8.91. The monoisotopic (exact) mass is 514 g/mol. The molecule has 2 aromatic heterocycles. The van der Waals surface area contributed by atoms with E-state index >= 15 is 0 Å². The number of aromatic hydroxyl groups is 1. The summed E-state index contributed by atoms with van der Waals surface area (Å²) in [6.07, 6.45) is 3.59. The summed E-state index contributed by atoms with van der Waals surface area (Å²) in [5.74, 6) is -0.148. The molecule has 188 valence electrons. The van der Waals surface area contributed by atoms with Crippen LogP contribution in [-0.2, 0) is 0 Å². The predicted octanol–water partition coefficient (Wildman–Crippen LogP) is 5.40. The third-order valence-corrected chi connectivity index (χ3v) is 7.42. The Balaban J connectivity index is 1.65. The van der Waals surface area contributed by atoms with Gasteiger partial charge in [0.05, 0.1) is 22.9 Å². The molecule has 1 aliphatic rings. The van der Waals surface area contributed by atoms with Crippen molar-refractivity contribution in [3.63, 3.8) is 0 Å². The van der Waals surface area contributed by atoms with E-state index in [1.165, 1.54) is 24.3 Å². The van der Waals surface area contributed by atoms with Crippen molar-refractivity contribution >= 4 is 22.7 Å². The lowest BCUT2D eigenvalue weighted by Gasteiger charge is -2.33. The molecule has 2 atom stereocenters. The lowest BCUT2D eigenvalue weighted by atomic mass is 9.85. The smallest absolute Gasteiger partial charge is 0.446 e. The van der Waals surface area contributed by atoms with Gasteiger partial charge in [0, 0.05) is 23.0 Å². The highest BCUT2D eigenvalue weighted by atomic mass is 32.2. The predicted molar refractivity (Wildman–Crippen MR) is 134 cm³/mol. The number of fused-ring (bicyclic) bond motifs is 1. The van der Waals surface area contributed by atoms with Crippen molar-refractivity contribution in [2.75, 3.05) is 13.1 Å². The fraction of sp³-hybridized carbons (Fsp3) is 0.308. The number of pyridine rings is 1. The Bertz CT molecular complexity index is 1440. The highest BCUT2D eigenvalue weighted by Gasteiger charge is 2.33. The molecule has 1 aliphatic heterocycles. The average molecular weight is 515 g/mol. The van der Waals surface area contributed by atoms with Crippen LogP contribution in [0.1, 0.15) is 30.1 Å². The fourth-order valence-corrected chi connectivity index (χ4v) is 5.64. The molecule has 0 saturated carbocycles. The zero-order valence-corrected chi connectivity index (χ0v) is 20.3. The Morgan fingerprint density at radius 2 is 1.89 bits per heavy atom. The minimum Gasteiger partial charge on any atom is -0.493 e. The second kappa shape index (κ2) is 9.67. The summed E-state index contributed by atoms with van der Waals surface area (Å²) < 4.78 is 41.0. The van der Waals surface area contributed by atoms with E-state index < -0.39 is 11.2 Å². The first-order chi connectivity index (χ1) is 17.2. The van der Waals surface area contributed by atoms with Gasteiger partial charge in [-0.3, -0.25) is 9.55 Å². The van der Waals surface area contributed by atoms with E-state index in [1.54, 1.807) is 17.7 Å². The first kappa shape index (κ1) is 24.5. The van der Waals surface area contributed by atoms with Gasteiger partial charge in [-0.05, 0) is 86.0 Å². The SMILES string of the molecule is Cc1c(O)n(-c2ccc(SC(F)(F)F)cc2)c(=O)n1C(c1ccnc2ccccc12)C1CCCNC1. The molecule has 0 radical (unpaired) electrons. The van der Waals surface area contributed by atoms with E-state index in [0.717, 1.165) is 40.4 Å². The normalized spacial score (nSPS) is 17.4. The number of thioether (sulfide) groups is 1. The van der Waals surface area contributed by atoms with Crippen LogP contribution in [0, 0.1) is 12.8 Å². The van der Waals surface area contributed by atoms with E-state index in [9.17, 15) is 23.1 Å². The molecule has 0 aliphatic carbocycles. The molecule has 5 rings (SSSR count). The van der Waals surface area contributed by atoms with Crippen LogP contribution in [0.3, 0.4) is 0 Å². The summed E-state index contributed by atoms with van der Waals surface area (Å²) in [4.78, 5) is 18.3. The molecular weight excluding hydrogens is 489 g/mol. The van der Waals surface area contributed by atoms with Crippen molar-refractivity contribution in [3.05, 3.63) is 82.5 Å². The minimum atomic E-state index is -4.41. The van der Waals surface area contributed by atoms with E-state index in [4.69, 9.17) is 0 Å². The van der Waals surface area contributed by atoms with E-state index in [1.807, 2.05) is 30.3 Å². The number of rotatable bonds is 5. The number of imidazole rings is 1. The maximum atomic E-state index is 13.9. The van der Waals surface area contributed by atoms with Crippen LogP contribution >= 0.6 is 11.8 Å². The molecule has 2 aromatic carbocycles. The first-order valence-corrected chi connectivity index (χ1v) is 12.5. The Hall–Kier alpha value is -3.24. The van der Waals surface area contributed by atoms with Crippen LogP contribution in [0.15, 0.2) is 70.5 Å². The molecule has 2 unspecified atom stereocenters. The van der Waals surface area contributed by atoms with Crippen molar-refractivity contribution in [1.82, 2.24) is 19.4 Å². The summed E-state index contributed by atoms with van der Waals surface area (Å²) in [5.41, 5.74) is -2.41. The van der Waals surface area contributed by atoms with Crippen molar-refractivity contribution in [3.8, 4) is 11.6 Å². The van der Waals surface area contributed by atoms with Crippen molar-refractivity contribution in [1.29, 1.82) is 0 Å². The number of nitrogens with zero attached hydrogens (tertiary/aromatic N) is 3. The lowest BCUT2D eigenvalue weighted by Crippen LogP contribution is -2.39. The molecular formula is C26H25F3N4O2S. The van der Waals surface area contributed by atoms with Gasteiger partial charge in [0.1, 0.15) is 0 Å². The Kier molecular flexibility index (Phi) is 6.57. The number of halogens is 3. The Morgan fingerprint density at radius 3 is 2.58 bits per heavy atom. The number of alkyl halides is 3. The van der Waals surface area contributed by atoms with Gasteiger partial charge in [-0.1, -0.05) is 18.2 Å². The van der Waals surface area contributed by atoms with Crippen LogP contribution in [0.25, 0.3) is 16.6 Å². The van der Waals surface area contributed by atoms with Crippen LogP contribution in [0.2, 0.25) is 0 Å². The molecule has 0 amide bonds. The minimum absolute atomic E-state index is 0.00403. The van der Waals surface area contributed by atoms with Crippen LogP contribution in [-0.4, -0.2) is 37.8 Å². The molecule has 3 heterocycles. The molecule has 1 saturated heterocycles. The van der Waals surface area contributed by atoms with Crippen molar-refractivity contribution in [2.24, 2.45) is 5.92 Å². The lowest BCUT2D eigenvalue weighted by molar-refractivity contribution is -0.0328. The van der Waals surface area contributed by atoms with Gasteiger partial charge in [0.2, 0.25) is 5.88 Å². The largest absolute Gasteiger partial charge is 0.493 e. The second-order valence-corrected chi connectivity index (χ2v) is 10.0. The number of benzene rings is 2. The highest BCUT2D eigenvalue weighted by Crippen LogP contribution is 2.38. The molecule has 0 bridgehead atoms. The molecule has 36 heavy (non-hydrogen) atoms. The summed E-state index contributed by atoms with van der Waals surface area (Å²) in [5, 5.41) is 15.4. The maximum Gasteiger partial charge on any atom is 0.446 e. The number of para-hydroxylation sites is 1. The maximum absolute atomic E-state index is 13.9. The van der Waals surface area contributed by atoms with Gasteiger partial charge in [-0.25, -0.2) is 9.36 Å². The van der Waals surface area contributed by atoms with Crippen molar-refractivity contribution in [2.45, 2.75) is 36.2 Å². The van der Waals surface area contributed by atoms with Gasteiger partial charge >= 0.3 is 11.2 Å². The molecule has 4 aromatic rings. The van der Waals surface area contributed by atoms with Crippen LogP contribution in [0.5, 0.6) is 5.88 Å². The summed E-state index contributed by atoms with van der Waals surface area (Å²) >= 11 is -0.225. The molecule has 0 spiro atoms. The Labute approximate surface area is 209 Å². The highest BCUT2D eigenvalue weighted by molar-refractivity contribution is 8.00. The van der Waals surface area contributed by atoms with Crippen LogP contribution in [0.4, 0.5) is 13.2 Å². The molecule has 10 heteroatoms. The quantitative estimate of drug-likeness (QED) is 0.349. The number of nitrogens with one attached hydrogen (secondary N) is 1. The number of piperidine rings is 1. The standard InChI is InChI=1S/C26H25F3N4O2S/c1-16-24(34)33(18-8-10-19(11-9-18)36-26(27,28)29)25(35)32(16)23(17-5-4-13-30-15-17)21-12-14-31-22-7-3-2-6-20(21)22/h2-3,6-12,14,17,23,30,34H,4-5,13,15H2,1H3. The van der Waals surface area contributed by atoms with E-state index in [-0.39, 0.29) is 34.5 Å². The third kappa shape index (κ3) is 4.62. The fourth-order valence-electron chi connectivity index (χ4n) is 5.10. The van der Waals surface area contributed by atoms with E-state index in [0.29, 0.717) is 17.9 Å². The van der Waals surface area contributed by atoms with Gasteiger partial charge in [-0.15, -0.1) is 0 Å². The summed E-state index contributed by atoms with van der Waals surface area (Å²) in [6.45, 7) is 3.30. The average Bonchev–Trinajstić information content (AvgIpc) is 3.08. The number of hydrogen-bond donors (Lipinski definition) is 2. The van der Waals surface area contributed by atoms with Gasteiger partial charge in [0.15, 0.2) is 0 Å². The zero-order chi connectivity index (χ0) is 25.4. The Morgan fingerprint density at radius 1 is 1.14 bits per heavy atom. The number of aromatic nitrogens is 3. The third-order valence-electron chi connectivity index (χ3n) is 6.68. The topological polar surface area (TPSA) is 72.1 Å². The van der Waals surface area contributed by atoms with Crippen LogP contribution < -0.4 is 11.0 Å². The first-order valence-electron chi connectivity index (χ1n) is 11.7. The summed E-state index contributed by atoms with van der Waals surface area (Å²) in [7, 11) is 0. The van der Waals surface area contributed by atoms with E-state index in [2.05, 4.69) is 10.3 Å². The van der Waals surface area contributed by atoms with Gasteiger partial charge < -0.3 is 10.4 Å². The molecule has 1 fully saturated rings. The zero-order valence-electron chi connectivity index (χ0n) is 19.5. The molecule has 6 nitrogen and oxygen atoms in total. The number of hydrogen-bond acceptors (Lipinski definition) is 5. The van der Waals surface area contributed by atoms with Gasteiger partial charge in [-0.2, -0.15) is 13.2 Å². The molecule has 2 N–H and O–H groups in total. The van der Waals surface area contributed by atoms with Crippen molar-refractivity contribution < 1.29 is 18.3 Å².